The molecule has 2 aromatic rings. The van der Waals surface area contributed by atoms with E-state index in [1.807, 2.05) is 61.5 Å². The molecule has 28 heavy (non-hydrogen) atoms. The minimum Gasteiger partial charge on any atom is -0.351 e. The van der Waals surface area contributed by atoms with Gasteiger partial charge in [0.1, 0.15) is 0 Å². The van der Waals surface area contributed by atoms with Crippen molar-refractivity contribution in [3.63, 3.8) is 0 Å². The van der Waals surface area contributed by atoms with Crippen molar-refractivity contribution in [1.29, 1.82) is 5.26 Å². The third-order valence-corrected chi connectivity index (χ3v) is 5.53. The van der Waals surface area contributed by atoms with Gasteiger partial charge < -0.3 is 10.6 Å². The monoisotopic (exact) mass is 391 g/mol. The number of nitrogens with zero attached hydrogens (tertiary/aromatic N) is 1. The van der Waals surface area contributed by atoms with Crippen molar-refractivity contribution in [2.24, 2.45) is 0 Å². The lowest BCUT2D eigenvalue weighted by Gasteiger charge is -2.25. The van der Waals surface area contributed by atoms with Crippen LogP contribution >= 0.6 is 11.8 Å². The highest BCUT2D eigenvalue weighted by atomic mass is 32.2. The number of nitriles is 1. The number of hydrogen-bond acceptors (Lipinski definition) is 4. The number of thioether (sulfide) groups is 1. The van der Waals surface area contributed by atoms with E-state index in [2.05, 4.69) is 16.7 Å². The molecule has 0 radical (unpaired) electrons. The Labute approximate surface area is 168 Å². The summed E-state index contributed by atoms with van der Waals surface area (Å²) in [6.45, 7) is 2.44. The van der Waals surface area contributed by atoms with Crippen molar-refractivity contribution >= 4 is 23.6 Å². The molecule has 0 bridgehead atoms. The van der Waals surface area contributed by atoms with E-state index in [1.54, 1.807) is 0 Å². The first kappa shape index (κ1) is 19.7. The lowest BCUT2D eigenvalue weighted by molar-refractivity contribution is -0.121. The Morgan fingerprint density at radius 1 is 1.21 bits per heavy atom. The molecule has 1 aliphatic rings. The molecule has 2 aromatic carbocycles. The SMILES string of the molecule is Cc1ccc([C@H]2CC(=O)NC(SCC(=O)NCc3ccccc3)=C2C#N)cc1. The van der Waals surface area contributed by atoms with E-state index in [1.165, 1.54) is 11.8 Å². The van der Waals surface area contributed by atoms with Gasteiger partial charge in [-0.3, -0.25) is 9.59 Å². The summed E-state index contributed by atoms with van der Waals surface area (Å²) in [7, 11) is 0. The maximum atomic E-state index is 12.2. The third kappa shape index (κ3) is 5.02. The lowest BCUT2D eigenvalue weighted by Crippen LogP contribution is -2.32. The number of allylic oxidation sites excluding steroid dienone is 1. The molecular weight excluding hydrogens is 370 g/mol. The molecule has 1 atom stereocenters. The molecule has 3 rings (SSSR count). The zero-order chi connectivity index (χ0) is 19.9. The molecule has 6 heteroatoms. The van der Waals surface area contributed by atoms with Gasteiger partial charge in [0, 0.05) is 18.9 Å². The van der Waals surface area contributed by atoms with Gasteiger partial charge in [-0.15, -0.1) is 0 Å². The predicted octanol–water partition coefficient (Wildman–Crippen LogP) is 3.38. The van der Waals surface area contributed by atoms with Crippen molar-refractivity contribution in [2.75, 3.05) is 5.75 Å². The maximum absolute atomic E-state index is 12.2. The summed E-state index contributed by atoms with van der Waals surface area (Å²) in [4.78, 5) is 24.3. The standard InChI is InChI=1S/C22H21N3O2S/c1-15-7-9-17(10-8-15)18-11-20(26)25-22(19(18)12-23)28-14-21(27)24-13-16-5-3-2-4-6-16/h2-10,18H,11,13-14H2,1H3,(H,24,27)(H,25,26)/t18-/m1/s1. The summed E-state index contributed by atoms with van der Waals surface area (Å²) in [5.74, 6) is -0.440. The molecule has 0 saturated carbocycles. The summed E-state index contributed by atoms with van der Waals surface area (Å²) in [6, 6.07) is 19.7. The van der Waals surface area contributed by atoms with Crippen molar-refractivity contribution in [2.45, 2.75) is 25.8 Å². The van der Waals surface area contributed by atoms with E-state index >= 15 is 0 Å². The predicted molar refractivity (Wildman–Crippen MR) is 110 cm³/mol. The Bertz CT molecular complexity index is 931. The summed E-state index contributed by atoms with van der Waals surface area (Å²) in [6.07, 6.45) is 0.232. The molecule has 0 aromatic heterocycles. The topological polar surface area (TPSA) is 82.0 Å². The van der Waals surface area contributed by atoms with Crippen LogP contribution in [0.2, 0.25) is 0 Å². The Hall–Kier alpha value is -3.04. The van der Waals surface area contributed by atoms with E-state index in [0.717, 1.165) is 16.7 Å². The molecule has 2 amide bonds. The van der Waals surface area contributed by atoms with Gasteiger partial charge in [0.2, 0.25) is 11.8 Å². The van der Waals surface area contributed by atoms with Crippen LogP contribution in [0.1, 0.15) is 29.0 Å². The number of aryl methyl sites for hydroxylation is 1. The van der Waals surface area contributed by atoms with Gasteiger partial charge in [-0.1, -0.05) is 71.9 Å². The number of amides is 2. The van der Waals surface area contributed by atoms with Crippen molar-refractivity contribution in [3.8, 4) is 6.07 Å². The molecule has 0 aliphatic carbocycles. The van der Waals surface area contributed by atoms with Gasteiger partial charge in [-0.2, -0.15) is 5.26 Å². The average molecular weight is 391 g/mol. The summed E-state index contributed by atoms with van der Waals surface area (Å²) in [5, 5.41) is 15.8. The number of rotatable bonds is 6. The number of hydrogen-bond donors (Lipinski definition) is 2. The second-order valence-electron chi connectivity index (χ2n) is 6.62. The van der Waals surface area contributed by atoms with Crippen LogP contribution < -0.4 is 10.6 Å². The number of benzene rings is 2. The highest BCUT2D eigenvalue weighted by Crippen LogP contribution is 2.35. The van der Waals surface area contributed by atoms with Gasteiger partial charge in [-0.05, 0) is 18.1 Å². The third-order valence-electron chi connectivity index (χ3n) is 4.52. The Kier molecular flexibility index (Phi) is 6.51. The zero-order valence-electron chi connectivity index (χ0n) is 15.6. The number of carbonyl (C=O) groups is 2. The Morgan fingerprint density at radius 2 is 1.93 bits per heavy atom. The minimum absolute atomic E-state index is 0.133. The lowest BCUT2D eigenvalue weighted by atomic mass is 9.87. The first-order chi connectivity index (χ1) is 13.6. The van der Waals surface area contributed by atoms with Gasteiger partial charge in [0.05, 0.1) is 22.4 Å². The summed E-state index contributed by atoms with van der Waals surface area (Å²) < 4.78 is 0. The summed E-state index contributed by atoms with van der Waals surface area (Å²) in [5.41, 5.74) is 3.58. The molecule has 0 fully saturated rings. The first-order valence-electron chi connectivity index (χ1n) is 9.01. The van der Waals surface area contributed by atoms with Crippen molar-refractivity contribution in [3.05, 3.63) is 81.9 Å². The first-order valence-corrected chi connectivity index (χ1v) is 9.99. The highest BCUT2D eigenvalue weighted by molar-refractivity contribution is 8.03. The van der Waals surface area contributed by atoms with E-state index in [9.17, 15) is 14.9 Å². The molecular formula is C22H21N3O2S. The van der Waals surface area contributed by atoms with E-state index < -0.39 is 0 Å². The molecule has 1 aliphatic heterocycles. The van der Waals surface area contributed by atoms with Crippen LogP contribution in [-0.4, -0.2) is 17.6 Å². The average Bonchev–Trinajstić information content (AvgIpc) is 2.71. The van der Waals surface area contributed by atoms with Crippen LogP contribution in [0.15, 0.2) is 65.2 Å². The van der Waals surface area contributed by atoms with Crippen LogP contribution in [0.4, 0.5) is 0 Å². The largest absolute Gasteiger partial charge is 0.351 e. The van der Waals surface area contributed by atoms with Crippen LogP contribution in [0.5, 0.6) is 0 Å². The zero-order valence-corrected chi connectivity index (χ0v) is 16.4. The molecule has 2 N–H and O–H groups in total. The second-order valence-corrected chi connectivity index (χ2v) is 7.61. The van der Waals surface area contributed by atoms with E-state index in [4.69, 9.17) is 0 Å². The van der Waals surface area contributed by atoms with Crippen LogP contribution in [0.3, 0.4) is 0 Å². The second kappa shape index (κ2) is 9.25. The van der Waals surface area contributed by atoms with Crippen molar-refractivity contribution < 1.29 is 9.59 Å². The quantitative estimate of drug-likeness (QED) is 0.791. The fraction of sp³-hybridized carbons (Fsp3) is 0.227. The Morgan fingerprint density at radius 3 is 2.61 bits per heavy atom. The smallest absolute Gasteiger partial charge is 0.230 e. The van der Waals surface area contributed by atoms with Crippen LogP contribution in [0, 0.1) is 18.3 Å². The highest BCUT2D eigenvalue weighted by Gasteiger charge is 2.29. The van der Waals surface area contributed by atoms with Crippen LogP contribution in [0.25, 0.3) is 0 Å². The molecule has 5 nitrogen and oxygen atoms in total. The van der Waals surface area contributed by atoms with E-state index in [-0.39, 0.29) is 29.9 Å². The Balaban J connectivity index is 1.68. The number of carbonyl (C=O) groups excluding carboxylic acids is 2. The van der Waals surface area contributed by atoms with E-state index in [0.29, 0.717) is 17.1 Å². The fourth-order valence-corrected chi connectivity index (χ4v) is 3.91. The molecule has 1 heterocycles. The fourth-order valence-electron chi connectivity index (χ4n) is 3.00. The van der Waals surface area contributed by atoms with Gasteiger partial charge >= 0.3 is 0 Å². The minimum atomic E-state index is -0.283. The van der Waals surface area contributed by atoms with Crippen LogP contribution in [-0.2, 0) is 16.1 Å². The molecule has 0 saturated heterocycles. The normalized spacial score (nSPS) is 16.3. The molecule has 0 spiro atoms. The van der Waals surface area contributed by atoms with Gasteiger partial charge in [0.25, 0.3) is 0 Å². The van der Waals surface area contributed by atoms with Gasteiger partial charge in [-0.25, -0.2) is 0 Å². The van der Waals surface area contributed by atoms with Gasteiger partial charge in [0.15, 0.2) is 0 Å². The molecule has 142 valence electrons. The maximum Gasteiger partial charge on any atom is 0.230 e. The summed E-state index contributed by atoms with van der Waals surface area (Å²) >= 11 is 1.19. The molecule has 0 unspecified atom stereocenters. The number of nitrogens with one attached hydrogen (secondary N) is 2. The van der Waals surface area contributed by atoms with Crippen molar-refractivity contribution in [1.82, 2.24) is 10.6 Å².